The van der Waals surface area contributed by atoms with Gasteiger partial charge >= 0.3 is 5.97 Å². The standard InChI is InChI=1S/C17H31N5O6S/c1-8(2)6-12(16(26)20-9(3)17(27)28)22-15(25)11(4-5-13(19)23)21-14(24)10(18)7-29/h8-12,29H,4-7,18H2,1-3H3,(H2,19,23)(H,20,26)(H,21,24)(H,22,25)(H,27,28). The summed E-state index contributed by atoms with van der Waals surface area (Å²) < 4.78 is 0. The molecule has 0 fully saturated rings. The average Bonchev–Trinajstić information content (AvgIpc) is 2.62. The van der Waals surface area contributed by atoms with Gasteiger partial charge in [-0.2, -0.15) is 12.6 Å². The Morgan fingerprint density at radius 2 is 1.45 bits per heavy atom. The van der Waals surface area contributed by atoms with E-state index in [1.807, 2.05) is 13.8 Å². The van der Waals surface area contributed by atoms with E-state index >= 15 is 0 Å². The maximum absolute atomic E-state index is 12.7. The first-order valence-electron chi connectivity index (χ1n) is 9.17. The fourth-order valence-electron chi connectivity index (χ4n) is 2.27. The second kappa shape index (κ2) is 13.0. The SMILES string of the molecule is CC(C)CC(NC(=O)C(CCC(N)=O)NC(=O)C(N)CS)C(=O)NC(C)C(=O)O. The maximum atomic E-state index is 12.7. The van der Waals surface area contributed by atoms with Crippen LogP contribution in [0.4, 0.5) is 0 Å². The summed E-state index contributed by atoms with van der Waals surface area (Å²) in [6.07, 6.45) is -0.0319. The lowest BCUT2D eigenvalue weighted by Gasteiger charge is -2.25. The number of nitrogens with one attached hydrogen (secondary N) is 3. The Kier molecular flexibility index (Phi) is 11.9. The molecule has 4 amide bonds. The number of carbonyl (C=O) groups is 5. The Hall–Kier alpha value is -2.34. The minimum atomic E-state index is -1.22. The first-order valence-corrected chi connectivity index (χ1v) is 9.80. The summed E-state index contributed by atoms with van der Waals surface area (Å²) in [6.45, 7) is 4.94. The molecule has 0 aliphatic heterocycles. The number of carboxylic acid groups (broad SMARTS) is 1. The van der Waals surface area contributed by atoms with Gasteiger partial charge in [-0.3, -0.25) is 24.0 Å². The van der Waals surface area contributed by atoms with Crippen LogP contribution in [-0.2, 0) is 24.0 Å². The van der Waals surface area contributed by atoms with Gasteiger partial charge in [0.05, 0.1) is 6.04 Å². The Morgan fingerprint density at radius 1 is 0.931 bits per heavy atom. The number of amides is 4. The van der Waals surface area contributed by atoms with Gasteiger partial charge in [-0.15, -0.1) is 0 Å². The second-order valence-electron chi connectivity index (χ2n) is 7.11. The molecule has 0 spiro atoms. The Morgan fingerprint density at radius 3 is 1.90 bits per heavy atom. The highest BCUT2D eigenvalue weighted by Crippen LogP contribution is 2.07. The molecule has 0 aliphatic carbocycles. The molecular weight excluding hydrogens is 402 g/mol. The predicted molar refractivity (Wildman–Crippen MR) is 109 cm³/mol. The van der Waals surface area contributed by atoms with Crippen molar-refractivity contribution in [2.75, 3.05) is 5.75 Å². The van der Waals surface area contributed by atoms with E-state index in [0.717, 1.165) is 0 Å². The summed E-state index contributed by atoms with van der Waals surface area (Å²) in [6, 6.07) is -4.29. The number of carbonyl (C=O) groups excluding carboxylic acids is 4. The molecule has 0 aromatic rings. The van der Waals surface area contributed by atoms with Crippen LogP contribution >= 0.6 is 12.6 Å². The van der Waals surface area contributed by atoms with Gasteiger partial charge in [-0.05, 0) is 25.7 Å². The molecule has 0 radical (unpaired) electrons. The number of hydrogen-bond donors (Lipinski definition) is 7. The molecule has 0 saturated carbocycles. The van der Waals surface area contributed by atoms with Crippen LogP contribution in [0, 0.1) is 5.92 Å². The Labute approximate surface area is 175 Å². The van der Waals surface area contributed by atoms with E-state index < -0.39 is 53.8 Å². The third kappa shape index (κ3) is 10.7. The van der Waals surface area contributed by atoms with Gasteiger partial charge in [0.2, 0.25) is 23.6 Å². The number of nitrogens with two attached hydrogens (primary N) is 2. The molecule has 0 aliphatic rings. The molecule has 0 rings (SSSR count). The third-order valence-corrected chi connectivity index (χ3v) is 4.31. The Balaban J connectivity index is 5.35. The van der Waals surface area contributed by atoms with Crippen LogP contribution in [0.3, 0.4) is 0 Å². The van der Waals surface area contributed by atoms with Crippen molar-refractivity contribution in [3.8, 4) is 0 Å². The van der Waals surface area contributed by atoms with Crippen molar-refractivity contribution in [3.05, 3.63) is 0 Å². The summed E-state index contributed by atoms with van der Waals surface area (Å²) in [4.78, 5) is 59.2. The van der Waals surface area contributed by atoms with Gasteiger partial charge < -0.3 is 32.5 Å². The lowest BCUT2D eigenvalue weighted by molar-refractivity contribution is -0.141. The van der Waals surface area contributed by atoms with E-state index in [1.54, 1.807) is 0 Å². The number of rotatable bonds is 13. The Bertz CT molecular complexity index is 615. The van der Waals surface area contributed by atoms with Gasteiger partial charge in [-0.25, -0.2) is 0 Å². The minimum absolute atomic E-state index is 0.00227. The number of carboxylic acids is 1. The normalized spacial score (nSPS) is 15.0. The summed E-state index contributed by atoms with van der Waals surface area (Å²) in [5.74, 6) is -3.87. The van der Waals surface area contributed by atoms with Crippen molar-refractivity contribution in [3.63, 3.8) is 0 Å². The topological polar surface area (TPSA) is 194 Å². The largest absolute Gasteiger partial charge is 0.480 e. The van der Waals surface area contributed by atoms with Crippen LogP contribution in [-0.4, -0.2) is 64.6 Å². The zero-order valence-electron chi connectivity index (χ0n) is 16.8. The zero-order chi connectivity index (χ0) is 22.7. The molecule has 12 heteroatoms. The molecule has 8 N–H and O–H groups in total. The number of hydrogen-bond acceptors (Lipinski definition) is 7. The molecule has 29 heavy (non-hydrogen) atoms. The molecule has 4 unspecified atom stereocenters. The van der Waals surface area contributed by atoms with Crippen molar-refractivity contribution in [1.29, 1.82) is 0 Å². The van der Waals surface area contributed by atoms with Crippen LogP contribution < -0.4 is 27.4 Å². The number of aliphatic carboxylic acids is 1. The zero-order valence-corrected chi connectivity index (χ0v) is 17.7. The van der Waals surface area contributed by atoms with E-state index in [1.165, 1.54) is 6.92 Å². The van der Waals surface area contributed by atoms with Crippen molar-refractivity contribution in [1.82, 2.24) is 16.0 Å². The van der Waals surface area contributed by atoms with E-state index in [0.29, 0.717) is 0 Å². The molecular formula is C17H31N5O6S. The third-order valence-electron chi connectivity index (χ3n) is 3.92. The summed E-state index contributed by atoms with van der Waals surface area (Å²) >= 11 is 3.92. The highest BCUT2D eigenvalue weighted by Gasteiger charge is 2.29. The lowest BCUT2D eigenvalue weighted by atomic mass is 10.0. The van der Waals surface area contributed by atoms with Gasteiger partial charge in [0, 0.05) is 12.2 Å². The minimum Gasteiger partial charge on any atom is -0.480 e. The number of thiol groups is 1. The van der Waals surface area contributed by atoms with Crippen molar-refractivity contribution < 1.29 is 29.1 Å². The van der Waals surface area contributed by atoms with Gasteiger partial charge in [0.25, 0.3) is 0 Å². The predicted octanol–water partition coefficient (Wildman–Crippen LogP) is -1.89. The summed E-state index contributed by atoms with van der Waals surface area (Å²) in [5.41, 5.74) is 10.7. The monoisotopic (exact) mass is 433 g/mol. The smallest absolute Gasteiger partial charge is 0.325 e. The van der Waals surface area contributed by atoms with E-state index in [9.17, 15) is 24.0 Å². The maximum Gasteiger partial charge on any atom is 0.325 e. The van der Waals surface area contributed by atoms with Crippen molar-refractivity contribution in [2.45, 2.75) is 64.2 Å². The van der Waals surface area contributed by atoms with Crippen LogP contribution in [0.25, 0.3) is 0 Å². The van der Waals surface area contributed by atoms with Crippen molar-refractivity contribution in [2.24, 2.45) is 17.4 Å². The molecule has 166 valence electrons. The summed E-state index contributed by atoms with van der Waals surface area (Å²) in [7, 11) is 0. The summed E-state index contributed by atoms with van der Waals surface area (Å²) in [5, 5.41) is 16.2. The van der Waals surface area contributed by atoms with Crippen molar-refractivity contribution >= 4 is 42.2 Å². The van der Waals surface area contributed by atoms with Crippen LogP contribution in [0.5, 0.6) is 0 Å². The highest BCUT2D eigenvalue weighted by molar-refractivity contribution is 7.80. The molecule has 11 nitrogen and oxygen atoms in total. The van der Waals surface area contributed by atoms with Crippen LogP contribution in [0.15, 0.2) is 0 Å². The van der Waals surface area contributed by atoms with E-state index in [4.69, 9.17) is 16.6 Å². The first kappa shape index (κ1) is 26.7. The molecule has 0 aromatic carbocycles. The van der Waals surface area contributed by atoms with Crippen LogP contribution in [0.2, 0.25) is 0 Å². The molecule has 0 heterocycles. The fraction of sp³-hybridized carbons (Fsp3) is 0.706. The number of primary amides is 1. The van der Waals surface area contributed by atoms with Gasteiger partial charge in [0.1, 0.15) is 18.1 Å². The average molecular weight is 434 g/mol. The second-order valence-corrected chi connectivity index (χ2v) is 7.48. The molecule has 0 aromatic heterocycles. The van der Waals surface area contributed by atoms with Crippen LogP contribution in [0.1, 0.15) is 40.0 Å². The van der Waals surface area contributed by atoms with Gasteiger partial charge in [0.15, 0.2) is 0 Å². The first-order chi connectivity index (χ1) is 13.4. The van der Waals surface area contributed by atoms with E-state index in [-0.39, 0.29) is 30.9 Å². The lowest BCUT2D eigenvalue weighted by Crippen LogP contribution is -2.57. The quantitative estimate of drug-likeness (QED) is 0.165. The fourth-order valence-corrected chi connectivity index (χ4v) is 2.43. The molecule has 4 atom stereocenters. The highest BCUT2D eigenvalue weighted by atomic mass is 32.1. The van der Waals surface area contributed by atoms with Gasteiger partial charge in [-0.1, -0.05) is 13.8 Å². The van der Waals surface area contributed by atoms with E-state index in [2.05, 4.69) is 28.6 Å². The molecule has 0 saturated heterocycles. The molecule has 0 bridgehead atoms.